The predicted octanol–water partition coefficient (Wildman–Crippen LogP) is 3.93. The molecule has 0 saturated heterocycles. The van der Waals surface area contributed by atoms with E-state index in [1.54, 1.807) is 6.07 Å². The summed E-state index contributed by atoms with van der Waals surface area (Å²) < 4.78 is 13.9. The molecule has 3 rings (SSSR count). The normalized spacial score (nSPS) is 16.0. The van der Waals surface area contributed by atoms with E-state index < -0.39 is 0 Å². The second kappa shape index (κ2) is 7.78. The number of hydrogen-bond donors (Lipinski definition) is 2. The first-order valence-corrected chi connectivity index (χ1v) is 9.25. The summed E-state index contributed by atoms with van der Waals surface area (Å²) in [5, 5.41) is 5.84. The van der Waals surface area contributed by atoms with Crippen molar-refractivity contribution in [1.82, 2.24) is 10.6 Å². The maximum atomic E-state index is 13.9. The molecule has 6 heteroatoms. The summed E-state index contributed by atoms with van der Waals surface area (Å²) in [4.78, 5) is 14.9. The van der Waals surface area contributed by atoms with Crippen molar-refractivity contribution >= 4 is 23.5 Å². The zero-order valence-corrected chi connectivity index (χ0v) is 15.2. The lowest BCUT2D eigenvalue weighted by Gasteiger charge is -2.26. The Morgan fingerprint density at radius 3 is 2.72 bits per heavy atom. The number of carbonyl (C=O) groups excluding carboxylic acids is 1. The van der Waals surface area contributed by atoms with Gasteiger partial charge in [0.15, 0.2) is 0 Å². The van der Waals surface area contributed by atoms with Crippen LogP contribution in [0.15, 0.2) is 47.4 Å². The van der Waals surface area contributed by atoms with Crippen LogP contribution in [-0.4, -0.2) is 25.9 Å². The fourth-order valence-corrected chi connectivity index (χ4v) is 3.98. The first-order valence-electron chi connectivity index (χ1n) is 8.26. The van der Waals surface area contributed by atoms with Gasteiger partial charge >= 0.3 is 6.03 Å². The van der Waals surface area contributed by atoms with Crippen molar-refractivity contribution in [2.24, 2.45) is 0 Å². The van der Waals surface area contributed by atoms with Gasteiger partial charge in [-0.25, -0.2) is 9.18 Å². The van der Waals surface area contributed by atoms with Crippen molar-refractivity contribution in [3.63, 3.8) is 0 Å². The summed E-state index contributed by atoms with van der Waals surface area (Å²) in [6.07, 6.45) is 0.798. The van der Waals surface area contributed by atoms with Crippen molar-refractivity contribution in [2.45, 2.75) is 23.9 Å². The lowest BCUT2D eigenvalue weighted by atomic mass is 10.0. The van der Waals surface area contributed by atoms with Crippen LogP contribution < -0.4 is 15.5 Å². The second-order valence-corrected chi connectivity index (χ2v) is 7.34. The molecule has 1 aliphatic heterocycles. The van der Waals surface area contributed by atoms with Crippen LogP contribution >= 0.6 is 11.8 Å². The van der Waals surface area contributed by atoms with Gasteiger partial charge in [-0.15, -0.1) is 11.8 Å². The van der Waals surface area contributed by atoms with Crippen LogP contribution in [-0.2, 0) is 6.54 Å². The highest BCUT2D eigenvalue weighted by Gasteiger charge is 2.24. The standard InChI is InChI=1S/C19H22FN3OS/c1-23(2)14-8-6-13(7-9-14)12-21-19(24)22-17-10-11-25-18-15(17)4-3-5-16(18)20/h3-9,17H,10-12H2,1-2H3,(H2,21,22,24). The van der Waals surface area contributed by atoms with Crippen molar-refractivity contribution in [3.05, 3.63) is 59.4 Å². The van der Waals surface area contributed by atoms with Gasteiger partial charge < -0.3 is 15.5 Å². The molecular formula is C19H22FN3OS. The molecule has 0 spiro atoms. The number of rotatable bonds is 4. The van der Waals surface area contributed by atoms with Crippen molar-refractivity contribution in [3.8, 4) is 0 Å². The van der Waals surface area contributed by atoms with Gasteiger partial charge in [0.2, 0.25) is 0 Å². The quantitative estimate of drug-likeness (QED) is 0.869. The fraction of sp³-hybridized carbons (Fsp3) is 0.316. The van der Waals surface area contributed by atoms with Gasteiger partial charge in [0.05, 0.1) is 6.04 Å². The number of halogens is 1. The van der Waals surface area contributed by atoms with Crippen molar-refractivity contribution in [2.75, 3.05) is 24.7 Å². The third kappa shape index (κ3) is 4.25. The highest BCUT2D eigenvalue weighted by molar-refractivity contribution is 7.99. The van der Waals surface area contributed by atoms with Crippen LogP contribution in [0.5, 0.6) is 0 Å². The average Bonchev–Trinajstić information content (AvgIpc) is 2.61. The Hall–Kier alpha value is -2.21. The van der Waals surface area contributed by atoms with Crippen LogP contribution in [0.2, 0.25) is 0 Å². The first-order chi connectivity index (χ1) is 12.0. The number of nitrogens with one attached hydrogen (secondary N) is 2. The number of hydrogen-bond acceptors (Lipinski definition) is 3. The molecule has 132 valence electrons. The number of amides is 2. The molecule has 1 aliphatic rings. The molecule has 1 atom stereocenters. The van der Waals surface area contributed by atoms with E-state index in [9.17, 15) is 9.18 Å². The summed E-state index contributed by atoms with van der Waals surface area (Å²) in [6.45, 7) is 0.455. The van der Waals surface area contributed by atoms with E-state index in [2.05, 4.69) is 10.6 Å². The van der Waals surface area contributed by atoms with Crippen LogP contribution in [0.4, 0.5) is 14.9 Å². The average molecular weight is 359 g/mol. The molecule has 0 aromatic heterocycles. The number of thioether (sulfide) groups is 1. The molecule has 4 nitrogen and oxygen atoms in total. The maximum Gasteiger partial charge on any atom is 0.315 e. The predicted molar refractivity (Wildman–Crippen MR) is 101 cm³/mol. The van der Waals surface area contributed by atoms with Gasteiger partial charge in [-0.05, 0) is 35.7 Å². The summed E-state index contributed by atoms with van der Waals surface area (Å²) in [5.41, 5.74) is 3.01. The van der Waals surface area contributed by atoms with E-state index in [0.29, 0.717) is 11.4 Å². The third-order valence-corrected chi connectivity index (χ3v) is 5.40. The van der Waals surface area contributed by atoms with Crippen molar-refractivity contribution < 1.29 is 9.18 Å². The smallest absolute Gasteiger partial charge is 0.315 e. The van der Waals surface area contributed by atoms with Gasteiger partial charge in [0, 0.05) is 37.0 Å². The molecular weight excluding hydrogens is 337 g/mol. The Labute approximate surface area is 151 Å². The van der Waals surface area contributed by atoms with E-state index in [4.69, 9.17) is 0 Å². The monoisotopic (exact) mass is 359 g/mol. The van der Waals surface area contributed by atoms with Gasteiger partial charge in [0.1, 0.15) is 5.82 Å². The lowest BCUT2D eigenvalue weighted by Crippen LogP contribution is -2.38. The molecule has 1 unspecified atom stereocenters. The number of urea groups is 1. The number of fused-ring (bicyclic) bond motifs is 1. The lowest BCUT2D eigenvalue weighted by molar-refractivity contribution is 0.236. The molecule has 0 fully saturated rings. The number of anilines is 1. The minimum Gasteiger partial charge on any atom is -0.378 e. The molecule has 0 radical (unpaired) electrons. The topological polar surface area (TPSA) is 44.4 Å². The summed E-state index contributed by atoms with van der Waals surface area (Å²) >= 11 is 1.51. The summed E-state index contributed by atoms with van der Waals surface area (Å²) in [7, 11) is 3.98. The van der Waals surface area contributed by atoms with Crippen molar-refractivity contribution in [1.29, 1.82) is 0 Å². The zero-order chi connectivity index (χ0) is 17.8. The number of carbonyl (C=O) groups is 1. The molecule has 0 saturated carbocycles. The SMILES string of the molecule is CN(C)c1ccc(CNC(=O)NC2CCSc3c(F)cccc32)cc1. The molecule has 2 N–H and O–H groups in total. The molecule has 2 aromatic rings. The van der Waals surface area contributed by atoms with Gasteiger partial charge in [-0.1, -0.05) is 24.3 Å². The van der Waals surface area contributed by atoms with Gasteiger partial charge in [-0.2, -0.15) is 0 Å². The fourth-order valence-electron chi connectivity index (χ4n) is 2.84. The highest BCUT2D eigenvalue weighted by Crippen LogP contribution is 2.37. The Kier molecular flexibility index (Phi) is 5.48. The first kappa shape index (κ1) is 17.6. The number of benzene rings is 2. The third-order valence-electron chi connectivity index (χ3n) is 4.24. The molecule has 2 amide bonds. The molecule has 25 heavy (non-hydrogen) atoms. The maximum absolute atomic E-state index is 13.9. The Morgan fingerprint density at radius 1 is 1.24 bits per heavy atom. The Bertz CT molecular complexity index is 749. The van der Waals surface area contributed by atoms with Crippen LogP contribution in [0.1, 0.15) is 23.6 Å². The Morgan fingerprint density at radius 2 is 2.00 bits per heavy atom. The van der Waals surface area contributed by atoms with Crippen LogP contribution in [0, 0.1) is 5.82 Å². The highest BCUT2D eigenvalue weighted by atomic mass is 32.2. The largest absolute Gasteiger partial charge is 0.378 e. The zero-order valence-electron chi connectivity index (χ0n) is 14.4. The summed E-state index contributed by atoms with van der Waals surface area (Å²) in [5.74, 6) is 0.584. The molecule has 1 heterocycles. The van der Waals surface area contributed by atoms with E-state index in [1.165, 1.54) is 17.8 Å². The molecule has 0 aliphatic carbocycles. The summed E-state index contributed by atoms with van der Waals surface area (Å²) in [6, 6.07) is 12.7. The second-order valence-electron chi connectivity index (χ2n) is 6.24. The minimum atomic E-state index is -0.233. The van der Waals surface area contributed by atoms with E-state index in [-0.39, 0.29) is 17.9 Å². The minimum absolute atomic E-state index is 0.150. The van der Waals surface area contributed by atoms with E-state index in [0.717, 1.165) is 29.0 Å². The van der Waals surface area contributed by atoms with Gasteiger partial charge in [-0.3, -0.25) is 0 Å². The van der Waals surface area contributed by atoms with Crippen LogP contribution in [0.3, 0.4) is 0 Å². The Balaban J connectivity index is 1.58. The van der Waals surface area contributed by atoms with E-state index >= 15 is 0 Å². The molecule has 2 aromatic carbocycles. The number of nitrogens with zero attached hydrogens (tertiary/aromatic N) is 1. The van der Waals surface area contributed by atoms with Crippen LogP contribution in [0.25, 0.3) is 0 Å². The molecule has 0 bridgehead atoms. The van der Waals surface area contributed by atoms with Gasteiger partial charge in [0.25, 0.3) is 0 Å². The van der Waals surface area contributed by atoms with E-state index in [1.807, 2.05) is 49.3 Å².